The van der Waals surface area contributed by atoms with E-state index < -0.39 is 0 Å². The molecule has 1 aromatic heterocycles. The first-order valence-corrected chi connectivity index (χ1v) is 6.95. The second kappa shape index (κ2) is 6.68. The number of hydrogen-bond donors (Lipinski definition) is 1. The Labute approximate surface area is 122 Å². The number of hydrogen-bond acceptors (Lipinski definition) is 3. The first-order chi connectivity index (χ1) is 9.26. The molecule has 0 amide bonds. The monoisotopic (exact) mass is 320 g/mol. The Kier molecular flexibility index (Phi) is 4.93. The van der Waals surface area contributed by atoms with Crippen molar-refractivity contribution in [1.29, 1.82) is 0 Å². The van der Waals surface area contributed by atoms with Gasteiger partial charge < -0.3 is 10.1 Å². The van der Waals surface area contributed by atoms with Crippen LogP contribution in [0.4, 0.5) is 0 Å². The van der Waals surface area contributed by atoms with Crippen LogP contribution in [0.3, 0.4) is 0 Å². The predicted octanol–water partition coefficient (Wildman–Crippen LogP) is 3.36. The van der Waals surface area contributed by atoms with Gasteiger partial charge in [-0.1, -0.05) is 18.2 Å². The van der Waals surface area contributed by atoms with Crippen molar-refractivity contribution in [2.45, 2.75) is 12.5 Å². The quantitative estimate of drug-likeness (QED) is 0.917. The molecule has 1 atom stereocenters. The lowest BCUT2D eigenvalue weighted by Gasteiger charge is -2.18. The van der Waals surface area contributed by atoms with E-state index in [1.165, 1.54) is 5.56 Å². The minimum absolute atomic E-state index is 0.145. The molecule has 1 aromatic carbocycles. The van der Waals surface area contributed by atoms with E-state index in [1.807, 2.05) is 43.6 Å². The summed E-state index contributed by atoms with van der Waals surface area (Å²) in [5, 5.41) is 3.31. The van der Waals surface area contributed by atoms with Crippen LogP contribution < -0.4 is 10.1 Å². The Hall–Kier alpha value is -1.39. The van der Waals surface area contributed by atoms with E-state index >= 15 is 0 Å². The van der Waals surface area contributed by atoms with E-state index in [0.717, 1.165) is 22.3 Å². The maximum Gasteiger partial charge on any atom is 0.122 e. The first kappa shape index (κ1) is 14.0. The third kappa shape index (κ3) is 3.33. The van der Waals surface area contributed by atoms with Crippen molar-refractivity contribution in [1.82, 2.24) is 10.3 Å². The topological polar surface area (TPSA) is 34.1 Å². The highest BCUT2D eigenvalue weighted by Crippen LogP contribution is 2.27. The molecule has 0 fully saturated rings. The van der Waals surface area contributed by atoms with Gasteiger partial charge in [-0.3, -0.25) is 4.98 Å². The molecule has 0 aliphatic rings. The minimum atomic E-state index is 0.145. The van der Waals surface area contributed by atoms with Gasteiger partial charge in [0.05, 0.1) is 18.8 Å². The van der Waals surface area contributed by atoms with Crippen LogP contribution in [-0.4, -0.2) is 19.1 Å². The Balaban J connectivity index is 2.27. The van der Waals surface area contributed by atoms with Crippen LogP contribution >= 0.6 is 15.9 Å². The molecule has 1 heterocycles. The molecule has 1 unspecified atom stereocenters. The van der Waals surface area contributed by atoms with Crippen molar-refractivity contribution in [3.63, 3.8) is 0 Å². The van der Waals surface area contributed by atoms with E-state index in [4.69, 9.17) is 4.74 Å². The normalized spacial score (nSPS) is 12.2. The molecule has 0 saturated carbocycles. The molecular formula is C15H17BrN2O. The minimum Gasteiger partial charge on any atom is -0.496 e. The number of aromatic nitrogens is 1. The highest BCUT2D eigenvalue weighted by atomic mass is 79.9. The molecule has 19 heavy (non-hydrogen) atoms. The number of para-hydroxylation sites is 1. The Morgan fingerprint density at radius 3 is 2.74 bits per heavy atom. The third-order valence-electron chi connectivity index (χ3n) is 3.08. The van der Waals surface area contributed by atoms with Gasteiger partial charge in [0.15, 0.2) is 0 Å². The van der Waals surface area contributed by atoms with E-state index in [-0.39, 0.29) is 6.04 Å². The largest absolute Gasteiger partial charge is 0.496 e. The van der Waals surface area contributed by atoms with Crippen LogP contribution in [0.5, 0.6) is 5.75 Å². The van der Waals surface area contributed by atoms with Crippen LogP contribution in [0.1, 0.15) is 17.3 Å². The number of nitrogens with zero attached hydrogens (tertiary/aromatic N) is 1. The second-order valence-electron chi connectivity index (χ2n) is 4.23. The fraction of sp³-hybridized carbons (Fsp3) is 0.267. The van der Waals surface area contributed by atoms with Gasteiger partial charge in [-0.15, -0.1) is 0 Å². The van der Waals surface area contributed by atoms with Crippen molar-refractivity contribution < 1.29 is 4.74 Å². The summed E-state index contributed by atoms with van der Waals surface area (Å²) < 4.78 is 6.41. The molecule has 2 rings (SSSR count). The van der Waals surface area contributed by atoms with Crippen molar-refractivity contribution >= 4 is 15.9 Å². The van der Waals surface area contributed by atoms with Crippen molar-refractivity contribution in [2.24, 2.45) is 0 Å². The molecule has 4 heteroatoms. The van der Waals surface area contributed by atoms with E-state index in [2.05, 4.69) is 32.3 Å². The van der Waals surface area contributed by atoms with Gasteiger partial charge in [-0.05, 0) is 53.2 Å². The zero-order chi connectivity index (χ0) is 13.7. The number of nitrogens with one attached hydrogen (secondary N) is 1. The van der Waals surface area contributed by atoms with Crippen LogP contribution in [0.2, 0.25) is 0 Å². The SMILES string of the molecule is CNC(Cc1ccccc1OC)c1ncccc1Br. The second-order valence-corrected chi connectivity index (χ2v) is 5.08. The Morgan fingerprint density at radius 2 is 2.05 bits per heavy atom. The lowest BCUT2D eigenvalue weighted by molar-refractivity contribution is 0.406. The van der Waals surface area contributed by atoms with Crippen molar-refractivity contribution in [3.05, 3.63) is 58.3 Å². The highest BCUT2D eigenvalue weighted by Gasteiger charge is 2.16. The number of rotatable bonds is 5. The summed E-state index contributed by atoms with van der Waals surface area (Å²) in [5.41, 5.74) is 2.18. The maximum atomic E-state index is 5.40. The number of halogens is 1. The van der Waals surface area contributed by atoms with Gasteiger partial charge in [0.25, 0.3) is 0 Å². The summed E-state index contributed by atoms with van der Waals surface area (Å²) >= 11 is 3.55. The summed E-state index contributed by atoms with van der Waals surface area (Å²) in [6.07, 6.45) is 2.64. The van der Waals surface area contributed by atoms with E-state index in [1.54, 1.807) is 7.11 Å². The first-order valence-electron chi connectivity index (χ1n) is 6.16. The van der Waals surface area contributed by atoms with Gasteiger partial charge in [0.2, 0.25) is 0 Å². The van der Waals surface area contributed by atoms with Gasteiger partial charge in [0.1, 0.15) is 5.75 Å². The predicted molar refractivity (Wildman–Crippen MR) is 80.4 cm³/mol. The molecule has 0 radical (unpaired) electrons. The molecule has 0 bridgehead atoms. The Bertz CT molecular complexity index is 545. The lowest BCUT2D eigenvalue weighted by Crippen LogP contribution is -2.20. The van der Waals surface area contributed by atoms with Crippen molar-refractivity contribution in [3.8, 4) is 5.75 Å². The molecule has 100 valence electrons. The number of methoxy groups -OCH3 is 1. The van der Waals surface area contributed by atoms with Crippen LogP contribution in [0, 0.1) is 0 Å². The third-order valence-corrected chi connectivity index (χ3v) is 3.75. The molecular weight excluding hydrogens is 304 g/mol. The van der Waals surface area contributed by atoms with Crippen molar-refractivity contribution in [2.75, 3.05) is 14.2 Å². The zero-order valence-electron chi connectivity index (χ0n) is 11.1. The van der Waals surface area contributed by atoms with Gasteiger partial charge >= 0.3 is 0 Å². The van der Waals surface area contributed by atoms with Gasteiger partial charge in [-0.2, -0.15) is 0 Å². The van der Waals surface area contributed by atoms with E-state index in [9.17, 15) is 0 Å². The van der Waals surface area contributed by atoms with Crippen LogP contribution in [-0.2, 0) is 6.42 Å². The standard InChI is InChI=1S/C15H17BrN2O/c1-17-13(15-12(16)7-5-9-18-15)10-11-6-3-4-8-14(11)19-2/h3-9,13,17H,10H2,1-2H3. The molecule has 0 aliphatic carbocycles. The fourth-order valence-electron chi connectivity index (χ4n) is 2.08. The summed E-state index contributed by atoms with van der Waals surface area (Å²) in [7, 11) is 3.64. The zero-order valence-corrected chi connectivity index (χ0v) is 12.6. The number of benzene rings is 1. The lowest BCUT2D eigenvalue weighted by atomic mass is 10.0. The molecule has 1 N–H and O–H groups in total. The molecule has 2 aromatic rings. The summed E-state index contributed by atoms with van der Waals surface area (Å²) in [5.74, 6) is 0.912. The molecule has 0 aliphatic heterocycles. The summed E-state index contributed by atoms with van der Waals surface area (Å²) in [4.78, 5) is 4.45. The Morgan fingerprint density at radius 1 is 1.26 bits per heavy atom. The van der Waals surface area contributed by atoms with Gasteiger partial charge in [-0.25, -0.2) is 0 Å². The van der Waals surface area contributed by atoms with E-state index in [0.29, 0.717) is 0 Å². The molecule has 0 spiro atoms. The summed E-state index contributed by atoms with van der Waals surface area (Å²) in [6.45, 7) is 0. The average Bonchev–Trinajstić information content (AvgIpc) is 2.46. The fourth-order valence-corrected chi connectivity index (χ4v) is 2.61. The number of pyridine rings is 1. The highest BCUT2D eigenvalue weighted by molar-refractivity contribution is 9.10. The van der Waals surface area contributed by atoms with Crippen LogP contribution in [0.15, 0.2) is 47.1 Å². The summed E-state index contributed by atoms with van der Waals surface area (Å²) in [6, 6.07) is 12.1. The number of likely N-dealkylation sites (N-methyl/N-ethyl adjacent to an activating group) is 1. The number of ether oxygens (including phenoxy) is 1. The van der Waals surface area contributed by atoms with Crippen LogP contribution in [0.25, 0.3) is 0 Å². The maximum absolute atomic E-state index is 5.40. The average molecular weight is 321 g/mol. The smallest absolute Gasteiger partial charge is 0.122 e. The molecule has 0 saturated heterocycles. The van der Waals surface area contributed by atoms with Gasteiger partial charge in [0, 0.05) is 10.7 Å². The molecule has 3 nitrogen and oxygen atoms in total.